The van der Waals surface area contributed by atoms with Gasteiger partial charge in [0.15, 0.2) is 0 Å². The van der Waals surface area contributed by atoms with E-state index in [0.29, 0.717) is 5.95 Å². The molecule has 0 spiro atoms. The van der Waals surface area contributed by atoms with Crippen molar-refractivity contribution in [2.24, 2.45) is 0 Å². The van der Waals surface area contributed by atoms with Gasteiger partial charge in [0.2, 0.25) is 11.9 Å². The molecule has 76 valence electrons. The lowest BCUT2D eigenvalue weighted by molar-refractivity contribution is -0.115. The summed E-state index contributed by atoms with van der Waals surface area (Å²) < 4.78 is 0. The summed E-state index contributed by atoms with van der Waals surface area (Å²) in [7, 11) is 0. The monoisotopic (exact) mass is 220 g/mol. The fraction of sp³-hybridized carbons (Fsp3) is 0.111. The number of rotatable bonds is 3. The average molecular weight is 220 g/mol. The zero-order valence-corrected chi connectivity index (χ0v) is 8.57. The van der Waals surface area contributed by atoms with E-state index in [9.17, 15) is 4.79 Å². The van der Waals surface area contributed by atoms with Gasteiger partial charge in [-0.25, -0.2) is 15.0 Å². The van der Waals surface area contributed by atoms with Gasteiger partial charge in [-0.2, -0.15) is 0 Å². The zero-order chi connectivity index (χ0) is 10.5. The molecular weight excluding hydrogens is 212 g/mol. The topological polar surface area (TPSA) is 67.8 Å². The number of hydrogen-bond acceptors (Lipinski definition) is 5. The van der Waals surface area contributed by atoms with Gasteiger partial charge in [-0.3, -0.25) is 10.1 Å². The molecule has 2 rings (SSSR count). The van der Waals surface area contributed by atoms with Gasteiger partial charge in [0.05, 0.1) is 17.6 Å². The molecule has 0 bridgehead atoms. The van der Waals surface area contributed by atoms with Crippen molar-refractivity contribution in [1.82, 2.24) is 15.0 Å². The summed E-state index contributed by atoms with van der Waals surface area (Å²) in [6.07, 6.45) is 3.40. The number of amides is 1. The molecule has 0 aliphatic heterocycles. The lowest BCUT2D eigenvalue weighted by Gasteiger charge is -2.00. The number of anilines is 1. The van der Waals surface area contributed by atoms with Crippen molar-refractivity contribution < 1.29 is 4.79 Å². The Hall–Kier alpha value is -1.82. The molecule has 0 unspecified atom stereocenters. The number of carbonyl (C=O) groups is 1. The minimum atomic E-state index is -0.160. The van der Waals surface area contributed by atoms with Gasteiger partial charge in [0.1, 0.15) is 0 Å². The first-order valence-electron chi connectivity index (χ1n) is 4.28. The van der Waals surface area contributed by atoms with Crippen LogP contribution in [0.5, 0.6) is 0 Å². The number of hydrogen-bond donors (Lipinski definition) is 1. The Bertz CT molecular complexity index is 429. The maximum absolute atomic E-state index is 11.5. The Kier molecular flexibility index (Phi) is 2.99. The molecule has 1 N–H and O–H groups in total. The first kappa shape index (κ1) is 9.72. The highest BCUT2D eigenvalue weighted by Gasteiger charge is 2.06. The molecule has 0 saturated heterocycles. The summed E-state index contributed by atoms with van der Waals surface area (Å²) in [6, 6.07) is 1.69. The summed E-state index contributed by atoms with van der Waals surface area (Å²) in [5.41, 5.74) is 2.45. The van der Waals surface area contributed by atoms with Gasteiger partial charge in [0, 0.05) is 17.8 Å². The molecule has 2 aromatic rings. The van der Waals surface area contributed by atoms with Crippen LogP contribution in [0.2, 0.25) is 0 Å². The van der Waals surface area contributed by atoms with Crippen LogP contribution in [-0.2, 0) is 11.2 Å². The molecule has 6 heteroatoms. The Morgan fingerprint density at radius 2 is 2.13 bits per heavy atom. The third-order valence-electron chi connectivity index (χ3n) is 1.64. The van der Waals surface area contributed by atoms with Gasteiger partial charge in [-0.05, 0) is 6.07 Å². The molecule has 0 fully saturated rings. The maximum Gasteiger partial charge on any atom is 0.232 e. The molecule has 0 saturated carbocycles. The Balaban J connectivity index is 1.94. The van der Waals surface area contributed by atoms with Crippen molar-refractivity contribution in [3.8, 4) is 0 Å². The minimum absolute atomic E-state index is 0.160. The number of nitrogens with zero attached hydrogens (tertiary/aromatic N) is 3. The van der Waals surface area contributed by atoms with Gasteiger partial charge in [0.25, 0.3) is 0 Å². The second-order valence-corrected chi connectivity index (χ2v) is 3.50. The maximum atomic E-state index is 11.5. The number of carbonyl (C=O) groups excluding carboxylic acids is 1. The molecule has 5 nitrogen and oxygen atoms in total. The average Bonchev–Trinajstić information content (AvgIpc) is 2.71. The normalized spacial score (nSPS) is 9.87. The van der Waals surface area contributed by atoms with Crippen LogP contribution in [0.3, 0.4) is 0 Å². The summed E-state index contributed by atoms with van der Waals surface area (Å²) >= 11 is 1.47. The third kappa shape index (κ3) is 2.81. The molecule has 1 amide bonds. The van der Waals surface area contributed by atoms with Crippen LogP contribution >= 0.6 is 11.3 Å². The van der Waals surface area contributed by atoms with Gasteiger partial charge in [-0.1, -0.05) is 0 Å². The van der Waals surface area contributed by atoms with E-state index in [1.165, 1.54) is 11.3 Å². The minimum Gasteiger partial charge on any atom is -0.294 e. The Labute approximate surface area is 90.2 Å². The molecule has 0 aliphatic rings. The molecular formula is C9H8N4OS. The number of aromatic nitrogens is 3. The molecule has 0 aliphatic carbocycles. The second kappa shape index (κ2) is 4.61. The summed E-state index contributed by atoms with van der Waals surface area (Å²) in [6.45, 7) is 0. The lowest BCUT2D eigenvalue weighted by atomic mass is 10.3. The SMILES string of the molecule is O=C(Cc1cscn1)Nc1ncccn1. The Morgan fingerprint density at radius 3 is 2.80 bits per heavy atom. The van der Waals surface area contributed by atoms with Crippen molar-refractivity contribution in [3.63, 3.8) is 0 Å². The summed E-state index contributed by atoms with van der Waals surface area (Å²) in [5.74, 6) is 0.157. The van der Waals surface area contributed by atoms with Crippen LogP contribution in [0.1, 0.15) is 5.69 Å². The van der Waals surface area contributed by atoms with E-state index in [1.54, 1.807) is 24.0 Å². The first-order valence-corrected chi connectivity index (χ1v) is 5.23. The lowest BCUT2D eigenvalue weighted by Crippen LogP contribution is -2.16. The van der Waals surface area contributed by atoms with E-state index in [2.05, 4.69) is 20.3 Å². The quantitative estimate of drug-likeness (QED) is 0.841. The van der Waals surface area contributed by atoms with Crippen molar-refractivity contribution >= 4 is 23.2 Å². The standard InChI is InChI=1S/C9H8N4OS/c14-8(4-7-5-15-6-12-7)13-9-10-2-1-3-11-9/h1-3,5-6H,4H2,(H,10,11,13,14). The number of nitrogens with one attached hydrogen (secondary N) is 1. The van der Waals surface area contributed by atoms with E-state index in [-0.39, 0.29) is 12.3 Å². The predicted molar refractivity (Wildman–Crippen MR) is 56.5 cm³/mol. The van der Waals surface area contributed by atoms with E-state index in [1.807, 2.05) is 5.38 Å². The van der Waals surface area contributed by atoms with Crippen LogP contribution in [-0.4, -0.2) is 20.9 Å². The molecule has 0 radical (unpaired) electrons. The van der Waals surface area contributed by atoms with E-state index >= 15 is 0 Å². The summed E-state index contributed by atoms with van der Waals surface area (Å²) in [4.78, 5) is 23.2. The van der Waals surface area contributed by atoms with E-state index in [0.717, 1.165) is 5.69 Å². The fourth-order valence-corrected chi connectivity index (χ4v) is 1.58. The smallest absolute Gasteiger partial charge is 0.232 e. The highest BCUT2D eigenvalue weighted by atomic mass is 32.1. The molecule has 2 heterocycles. The van der Waals surface area contributed by atoms with E-state index < -0.39 is 0 Å². The highest BCUT2D eigenvalue weighted by molar-refractivity contribution is 7.07. The number of thiazole rings is 1. The van der Waals surface area contributed by atoms with Crippen molar-refractivity contribution in [1.29, 1.82) is 0 Å². The second-order valence-electron chi connectivity index (χ2n) is 2.78. The van der Waals surface area contributed by atoms with Crippen LogP contribution < -0.4 is 5.32 Å². The summed E-state index contributed by atoms with van der Waals surface area (Å²) in [5, 5.41) is 4.42. The first-order chi connectivity index (χ1) is 7.34. The van der Waals surface area contributed by atoms with Crippen molar-refractivity contribution in [2.75, 3.05) is 5.32 Å². The van der Waals surface area contributed by atoms with Gasteiger partial charge in [-0.15, -0.1) is 11.3 Å². The molecule has 2 aromatic heterocycles. The fourth-order valence-electron chi connectivity index (χ4n) is 1.02. The van der Waals surface area contributed by atoms with Crippen LogP contribution in [0.25, 0.3) is 0 Å². The van der Waals surface area contributed by atoms with E-state index in [4.69, 9.17) is 0 Å². The highest BCUT2D eigenvalue weighted by Crippen LogP contribution is 2.03. The van der Waals surface area contributed by atoms with Crippen LogP contribution in [0, 0.1) is 0 Å². The van der Waals surface area contributed by atoms with Crippen LogP contribution in [0.4, 0.5) is 5.95 Å². The largest absolute Gasteiger partial charge is 0.294 e. The molecule has 0 atom stereocenters. The molecule has 15 heavy (non-hydrogen) atoms. The predicted octanol–water partition coefficient (Wildman–Crippen LogP) is 1.11. The van der Waals surface area contributed by atoms with Crippen LogP contribution in [0.15, 0.2) is 29.4 Å². The van der Waals surface area contributed by atoms with Crippen molar-refractivity contribution in [2.45, 2.75) is 6.42 Å². The van der Waals surface area contributed by atoms with Crippen molar-refractivity contribution in [3.05, 3.63) is 35.0 Å². The Morgan fingerprint density at radius 1 is 1.33 bits per heavy atom. The third-order valence-corrected chi connectivity index (χ3v) is 2.28. The van der Waals surface area contributed by atoms with Gasteiger partial charge < -0.3 is 0 Å². The molecule has 0 aromatic carbocycles. The van der Waals surface area contributed by atoms with Gasteiger partial charge >= 0.3 is 0 Å². The zero-order valence-electron chi connectivity index (χ0n) is 7.75.